The lowest BCUT2D eigenvalue weighted by molar-refractivity contribution is 0.123. The number of allylic oxidation sites excluding steroid dienone is 1. The van der Waals surface area contributed by atoms with Crippen LogP contribution in [-0.2, 0) is 17.6 Å². The van der Waals surface area contributed by atoms with Crippen molar-refractivity contribution >= 4 is 11.9 Å². The van der Waals surface area contributed by atoms with Crippen molar-refractivity contribution < 1.29 is 9.84 Å². The predicted octanol–water partition coefficient (Wildman–Crippen LogP) is 6.17. The van der Waals surface area contributed by atoms with Crippen molar-refractivity contribution in [2.24, 2.45) is 9.98 Å². The van der Waals surface area contributed by atoms with Crippen molar-refractivity contribution in [3.8, 4) is 0 Å². The molecule has 2 rings (SSSR count). The quantitative estimate of drug-likeness (QED) is 0.387. The standard InChI is InChI=1S/C28H45N3O2/c1-8-12-24-18-20(5)17-23(11-4)26(24)25-19-29-28(33-16-13-21(6)32)27(22(7)30-25)31(14-9-2)15-10-3/h17-19,21,25,32H,8-16H2,1-7H3. The summed E-state index contributed by atoms with van der Waals surface area (Å²) in [7, 11) is 0. The molecule has 5 nitrogen and oxygen atoms in total. The summed E-state index contributed by atoms with van der Waals surface area (Å²) in [6, 6.07) is 4.49. The van der Waals surface area contributed by atoms with Crippen LogP contribution in [0.3, 0.4) is 0 Å². The Labute approximate surface area is 201 Å². The van der Waals surface area contributed by atoms with E-state index >= 15 is 0 Å². The van der Waals surface area contributed by atoms with Crippen molar-refractivity contribution in [2.75, 3.05) is 19.7 Å². The lowest BCUT2D eigenvalue weighted by atomic mass is 9.90. The van der Waals surface area contributed by atoms with E-state index in [2.05, 4.69) is 58.6 Å². The highest BCUT2D eigenvalue weighted by atomic mass is 16.5. The van der Waals surface area contributed by atoms with Gasteiger partial charge in [0.2, 0.25) is 5.88 Å². The molecule has 33 heavy (non-hydrogen) atoms. The van der Waals surface area contributed by atoms with E-state index in [0.717, 1.165) is 56.6 Å². The molecule has 0 radical (unpaired) electrons. The first kappa shape index (κ1) is 27.1. The zero-order chi connectivity index (χ0) is 24.4. The molecule has 1 aromatic carbocycles. The molecule has 0 aliphatic carbocycles. The third kappa shape index (κ3) is 7.43. The Hall–Kier alpha value is -2.14. The maximum atomic E-state index is 9.72. The van der Waals surface area contributed by atoms with Crippen LogP contribution in [0.5, 0.6) is 0 Å². The molecular weight excluding hydrogens is 410 g/mol. The summed E-state index contributed by atoms with van der Waals surface area (Å²) in [5.74, 6) is 0.628. The molecule has 1 aliphatic heterocycles. The molecule has 0 bridgehead atoms. The van der Waals surface area contributed by atoms with Gasteiger partial charge in [-0.1, -0.05) is 51.8 Å². The number of aryl methyl sites for hydroxylation is 3. The third-order valence-corrected chi connectivity index (χ3v) is 5.98. The first-order chi connectivity index (χ1) is 15.9. The van der Waals surface area contributed by atoms with Crippen molar-refractivity contribution in [3.05, 3.63) is 46.0 Å². The van der Waals surface area contributed by atoms with Gasteiger partial charge in [-0.3, -0.25) is 4.99 Å². The van der Waals surface area contributed by atoms with Gasteiger partial charge in [-0.2, -0.15) is 0 Å². The second kappa shape index (κ2) is 13.5. The van der Waals surface area contributed by atoms with Crippen LogP contribution in [0.2, 0.25) is 0 Å². The molecule has 1 aliphatic rings. The number of nitrogens with zero attached hydrogens (tertiary/aromatic N) is 3. The van der Waals surface area contributed by atoms with E-state index in [1.54, 1.807) is 6.92 Å². The normalized spacial score (nSPS) is 17.1. The van der Waals surface area contributed by atoms with Gasteiger partial charge < -0.3 is 14.7 Å². The summed E-state index contributed by atoms with van der Waals surface area (Å²) in [5.41, 5.74) is 7.30. The summed E-state index contributed by atoms with van der Waals surface area (Å²) < 4.78 is 6.17. The monoisotopic (exact) mass is 455 g/mol. The van der Waals surface area contributed by atoms with Gasteiger partial charge in [-0.05, 0) is 63.1 Å². The molecule has 5 heteroatoms. The number of ether oxygens (including phenoxy) is 1. The maximum absolute atomic E-state index is 9.72. The van der Waals surface area contributed by atoms with Gasteiger partial charge in [-0.15, -0.1) is 0 Å². The molecule has 1 heterocycles. The molecule has 1 N–H and O–H groups in total. The number of hydrogen-bond acceptors (Lipinski definition) is 5. The summed E-state index contributed by atoms with van der Waals surface area (Å²) in [5, 5.41) is 9.72. The van der Waals surface area contributed by atoms with E-state index < -0.39 is 6.10 Å². The van der Waals surface area contributed by atoms with Crippen molar-refractivity contribution in [1.82, 2.24) is 4.90 Å². The van der Waals surface area contributed by atoms with E-state index in [0.29, 0.717) is 18.9 Å². The summed E-state index contributed by atoms with van der Waals surface area (Å²) in [6.07, 6.45) is 7.35. The Morgan fingerprint density at radius 2 is 1.70 bits per heavy atom. The maximum Gasteiger partial charge on any atom is 0.239 e. The number of aliphatic imine (C=N–C) groups is 2. The molecule has 2 atom stereocenters. The fraction of sp³-hybridized carbons (Fsp3) is 0.643. The molecular formula is C28H45N3O2. The minimum absolute atomic E-state index is 0.125. The average Bonchev–Trinajstić information content (AvgIpc) is 2.91. The molecule has 0 saturated heterocycles. The van der Waals surface area contributed by atoms with E-state index in [1.807, 2.05) is 6.21 Å². The Bertz CT molecular complexity index is 849. The van der Waals surface area contributed by atoms with Crippen LogP contribution in [0.4, 0.5) is 0 Å². The summed E-state index contributed by atoms with van der Waals surface area (Å²) >= 11 is 0. The molecule has 2 unspecified atom stereocenters. The van der Waals surface area contributed by atoms with Gasteiger partial charge in [0.15, 0.2) is 0 Å². The molecule has 1 aromatic rings. The minimum atomic E-state index is -0.398. The number of benzene rings is 1. The van der Waals surface area contributed by atoms with Crippen LogP contribution < -0.4 is 0 Å². The highest BCUT2D eigenvalue weighted by Gasteiger charge is 2.25. The van der Waals surface area contributed by atoms with Gasteiger partial charge in [0, 0.05) is 25.7 Å². The average molecular weight is 456 g/mol. The number of hydrogen-bond donors (Lipinski definition) is 1. The van der Waals surface area contributed by atoms with Crippen LogP contribution in [0, 0.1) is 6.92 Å². The van der Waals surface area contributed by atoms with E-state index in [9.17, 15) is 5.11 Å². The second-order valence-electron chi connectivity index (χ2n) is 9.16. The second-order valence-corrected chi connectivity index (χ2v) is 9.16. The lowest BCUT2D eigenvalue weighted by Gasteiger charge is -2.27. The molecule has 184 valence electrons. The van der Waals surface area contributed by atoms with Crippen molar-refractivity contribution in [2.45, 2.75) is 99.1 Å². The smallest absolute Gasteiger partial charge is 0.239 e. The minimum Gasteiger partial charge on any atom is -0.476 e. The van der Waals surface area contributed by atoms with Gasteiger partial charge in [0.05, 0.1) is 18.4 Å². The Morgan fingerprint density at radius 3 is 2.27 bits per heavy atom. The van der Waals surface area contributed by atoms with Gasteiger partial charge in [0.25, 0.3) is 0 Å². The third-order valence-electron chi connectivity index (χ3n) is 5.98. The van der Waals surface area contributed by atoms with Gasteiger partial charge in [-0.25, -0.2) is 4.99 Å². The number of rotatable bonds is 13. The van der Waals surface area contributed by atoms with E-state index in [1.165, 1.54) is 22.3 Å². The number of aliphatic hydroxyl groups excluding tert-OH is 1. The summed E-state index contributed by atoms with van der Waals surface area (Å²) in [6.45, 7) is 17.2. The first-order valence-corrected chi connectivity index (χ1v) is 12.9. The lowest BCUT2D eigenvalue weighted by Crippen LogP contribution is -2.30. The topological polar surface area (TPSA) is 57.4 Å². The largest absolute Gasteiger partial charge is 0.476 e. The Kier molecular flexibility index (Phi) is 11.1. The van der Waals surface area contributed by atoms with Crippen LogP contribution in [0.25, 0.3) is 0 Å². The van der Waals surface area contributed by atoms with Crippen LogP contribution in [0.15, 0.2) is 33.7 Å². The zero-order valence-electron chi connectivity index (χ0n) is 21.9. The van der Waals surface area contributed by atoms with Gasteiger partial charge in [0.1, 0.15) is 11.7 Å². The predicted molar refractivity (Wildman–Crippen MR) is 140 cm³/mol. The van der Waals surface area contributed by atoms with E-state index in [-0.39, 0.29) is 6.04 Å². The summed E-state index contributed by atoms with van der Waals surface area (Å²) in [4.78, 5) is 12.5. The Balaban J connectivity index is 2.57. The van der Waals surface area contributed by atoms with Gasteiger partial charge >= 0.3 is 0 Å². The highest BCUT2D eigenvalue weighted by molar-refractivity contribution is 6.00. The highest BCUT2D eigenvalue weighted by Crippen LogP contribution is 2.31. The molecule has 0 amide bonds. The SMILES string of the molecule is CCCc1cc(C)cc(CC)c1C1C=NC(OCCC(C)O)=C(N(CCC)CCC)C(C)=N1. The van der Waals surface area contributed by atoms with E-state index in [4.69, 9.17) is 14.7 Å². The molecule has 0 saturated carbocycles. The van der Waals surface area contributed by atoms with Crippen molar-refractivity contribution in [1.29, 1.82) is 0 Å². The first-order valence-electron chi connectivity index (χ1n) is 12.9. The van der Waals surface area contributed by atoms with Crippen LogP contribution in [0.1, 0.15) is 95.5 Å². The number of aliphatic hydroxyl groups is 1. The molecule has 0 spiro atoms. The Morgan fingerprint density at radius 1 is 1.03 bits per heavy atom. The van der Waals surface area contributed by atoms with Crippen molar-refractivity contribution in [3.63, 3.8) is 0 Å². The fourth-order valence-corrected chi connectivity index (χ4v) is 4.57. The zero-order valence-corrected chi connectivity index (χ0v) is 21.9. The molecule has 0 aromatic heterocycles. The van der Waals surface area contributed by atoms with Crippen LogP contribution in [-0.4, -0.2) is 47.7 Å². The molecule has 0 fully saturated rings. The fourth-order valence-electron chi connectivity index (χ4n) is 4.57. The van der Waals surface area contributed by atoms with Crippen LogP contribution >= 0.6 is 0 Å².